The molecule has 1 nitrogen and oxygen atoms in total. The average molecular weight is 938 g/mol. The van der Waals surface area contributed by atoms with Gasteiger partial charge in [0.15, 0.2) is 0 Å². The number of allylic oxidation sites excluding steroid dienone is 15. The van der Waals surface area contributed by atoms with Crippen LogP contribution in [0, 0.1) is 30.6 Å². The lowest BCUT2D eigenvalue weighted by atomic mass is 9.82. The van der Waals surface area contributed by atoms with Crippen molar-refractivity contribution in [2.24, 2.45) is 21.7 Å². The second-order valence-corrected chi connectivity index (χ2v) is 22.2. The minimum atomic E-state index is 0.0732. The molecule has 0 bridgehead atoms. The zero-order valence-electron chi connectivity index (χ0n) is 46.2. The van der Waals surface area contributed by atoms with Crippen molar-refractivity contribution in [2.75, 3.05) is 0 Å². The molecular weight excluding hydrogens is 855 g/mol. The van der Waals surface area contributed by atoms with Gasteiger partial charge < -0.3 is 0 Å². The summed E-state index contributed by atoms with van der Waals surface area (Å²) in [6, 6.07) is 33.5. The normalized spacial score (nSPS) is 16.0. The van der Waals surface area contributed by atoms with Crippen molar-refractivity contribution in [3.63, 3.8) is 0 Å². The van der Waals surface area contributed by atoms with E-state index in [0.717, 1.165) is 64.9 Å². The number of fused-ring (bicyclic) bond motifs is 2. The third kappa shape index (κ3) is 12.6. The van der Waals surface area contributed by atoms with Gasteiger partial charge >= 0.3 is 0 Å². The van der Waals surface area contributed by atoms with E-state index in [4.69, 9.17) is 11.6 Å². The molecule has 71 heavy (non-hydrogen) atoms. The Bertz CT molecular complexity index is 3040. The summed E-state index contributed by atoms with van der Waals surface area (Å²) in [7, 11) is 0. The van der Waals surface area contributed by atoms with Gasteiger partial charge in [0.2, 0.25) is 0 Å². The number of hydrogen-bond donors (Lipinski definition) is 0. The van der Waals surface area contributed by atoms with Gasteiger partial charge in [-0.15, -0.1) is 0 Å². The summed E-state index contributed by atoms with van der Waals surface area (Å²) in [5, 5.41) is 2.37. The average Bonchev–Trinajstić information content (AvgIpc) is 3.34. The monoisotopic (exact) mass is 938 g/mol. The molecule has 5 aromatic rings. The Hall–Kier alpha value is -6.31. The van der Waals surface area contributed by atoms with Crippen molar-refractivity contribution in [1.82, 2.24) is 0 Å². The fraction of sp³-hybridized carbons (Fsp3) is 0.329. The molecule has 0 aromatic heterocycles. The molecule has 0 aliphatic heterocycles. The molecule has 5 aromatic carbocycles. The van der Waals surface area contributed by atoms with Crippen LogP contribution in [-0.2, 0) is 0 Å². The summed E-state index contributed by atoms with van der Waals surface area (Å²) >= 11 is 0. The van der Waals surface area contributed by atoms with Crippen LogP contribution < -0.4 is 0 Å². The fourth-order valence-corrected chi connectivity index (χ4v) is 9.79. The molecule has 368 valence electrons. The molecule has 0 fully saturated rings. The first-order valence-corrected chi connectivity index (χ1v) is 26.3. The molecule has 2 atom stereocenters. The van der Waals surface area contributed by atoms with Gasteiger partial charge in [-0.25, -0.2) is 4.99 Å². The van der Waals surface area contributed by atoms with Crippen molar-refractivity contribution < 1.29 is 0 Å². The van der Waals surface area contributed by atoms with E-state index in [9.17, 15) is 0 Å². The lowest BCUT2D eigenvalue weighted by Gasteiger charge is -2.24. The topological polar surface area (TPSA) is 12.4 Å². The van der Waals surface area contributed by atoms with Crippen LogP contribution in [0.25, 0.3) is 44.7 Å². The minimum absolute atomic E-state index is 0.0732. The van der Waals surface area contributed by atoms with Crippen molar-refractivity contribution in [2.45, 2.75) is 135 Å². The second kappa shape index (κ2) is 23.3. The van der Waals surface area contributed by atoms with Gasteiger partial charge in [-0.1, -0.05) is 240 Å². The van der Waals surface area contributed by atoms with E-state index >= 15 is 0 Å². The van der Waals surface area contributed by atoms with Crippen molar-refractivity contribution in [3.05, 3.63) is 220 Å². The highest BCUT2D eigenvalue weighted by atomic mass is 14.8. The van der Waals surface area contributed by atoms with E-state index in [1.165, 1.54) is 77.6 Å². The van der Waals surface area contributed by atoms with E-state index in [1.54, 1.807) is 0 Å². The van der Waals surface area contributed by atoms with Gasteiger partial charge in [0.25, 0.3) is 0 Å². The summed E-state index contributed by atoms with van der Waals surface area (Å²) in [6.07, 6.45) is 24.6. The second-order valence-electron chi connectivity index (χ2n) is 22.2. The largest absolute Gasteiger partial charge is 0.247 e. The smallest absolute Gasteiger partial charge is 0.0788 e. The molecule has 2 unspecified atom stereocenters. The van der Waals surface area contributed by atoms with Crippen molar-refractivity contribution in [3.8, 4) is 0 Å². The summed E-state index contributed by atoms with van der Waals surface area (Å²) < 4.78 is 0. The number of nitrogens with zero attached hydrogens (tertiary/aromatic N) is 1. The van der Waals surface area contributed by atoms with Crippen LogP contribution in [0.1, 0.15) is 177 Å². The number of aliphatic imine (C=N–C) groups is 1. The fourth-order valence-electron chi connectivity index (χ4n) is 9.79. The van der Waals surface area contributed by atoms with Crippen LogP contribution in [0.4, 0.5) is 5.69 Å². The Labute approximate surface area is 430 Å². The molecule has 0 spiro atoms. The quantitative estimate of drug-likeness (QED) is 0.0690. The zero-order valence-corrected chi connectivity index (χ0v) is 46.2. The summed E-state index contributed by atoms with van der Waals surface area (Å²) in [6.45, 7) is 43.5. The van der Waals surface area contributed by atoms with Gasteiger partial charge in [-0.3, -0.25) is 0 Å². The highest BCUT2D eigenvalue weighted by Crippen LogP contribution is 2.43. The Morgan fingerprint density at radius 2 is 1.42 bits per heavy atom. The lowest BCUT2D eigenvalue weighted by Crippen LogP contribution is -2.11. The third-order valence-corrected chi connectivity index (χ3v) is 15.0. The molecule has 0 saturated heterocycles. The van der Waals surface area contributed by atoms with E-state index in [0.29, 0.717) is 11.8 Å². The molecule has 1 aliphatic rings. The Morgan fingerprint density at radius 3 is 2.10 bits per heavy atom. The van der Waals surface area contributed by atoms with E-state index in [2.05, 4.69) is 256 Å². The summed E-state index contributed by atoms with van der Waals surface area (Å²) in [4.78, 5) is 6.04. The maximum atomic E-state index is 6.04. The maximum absolute atomic E-state index is 6.04. The van der Waals surface area contributed by atoms with E-state index in [1.807, 2.05) is 0 Å². The van der Waals surface area contributed by atoms with Crippen LogP contribution >= 0.6 is 0 Å². The van der Waals surface area contributed by atoms with Gasteiger partial charge in [0.1, 0.15) is 0 Å². The molecule has 1 heteroatoms. The minimum Gasteiger partial charge on any atom is -0.247 e. The third-order valence-electron chi connectivity index (χ3n) is 15.0. The summed E-state index contributed by atoms with van der Waals surface area (Å²) in [5.41, 5.74) is 22.4. The Morgan fingerprint density at radius 1 is 0.746 bits per heavy atom. The molecule has 1 aliphatic carbocycles. The zero-order chi connectivity index (χ0) is 51.8. The van der Waals surface area contributed by atoms with Crippen LogP contribution in [0.5, 0.6) is 0 Å². The predicted octanol–water partition coefficient (Wildman–Crippen LogP) is 21.1. The molecule has 0 saturated carbocycles. The molecular formula is C70H83N. The highest BCUT2D eigenvalue weighted by molar-refractivity contribution is 6.34. The SMILES string of the molecule is C=C(/C=C\C(=C/C)C(C)(C)C)c1ccc(/C(C)=C/C=C(\CCC)c2ccc(/C(=C/C=C(\C)C(C)(C)C)C(C)CC)c(C)c2N=C(C(=C)c2cccc3ccccc23)c2cccc3c2C=CCC3C)cc1C. The first kappa shape index (κ1) is 54.0. The van der Waals surface area contributed by atoms with Crippen molar-refractivity contribution in [1.29, 1.82) is 0 Å². The molecule has 0 radical (unpaired) electrons. The van der Waals surface area contributed by atoms with Crippen molar-refractivity contribution >= 4 is 56.1 Å². The van der Waals surface area contributed by atoms with Gasteiger partial charge in [-0.2, -0.15) is 0 Å². The van der Waals surface area contributed by atoms with Crippen LogP contribution in [0.3, 0.4) is 0 Å². The first-order chi connectivity index (χ1) is 33.7. The maximum Gasteiger partial charge on any atom is 0.0788 e. The van der Waals surface area contributed by atoms with Crippen LogP contribution in [0.2, 0.25) is 0 Å². The number of benzene rings is 5. The highest BCUT2D eigenvalue weighted by Gasteiger charge is 2.24. The molecule has 0 amide bonds. The predicted molar refractivity (Wildman–Crippen MR) is 319 cm³/mol. The number of hydrogen-bond acceptors (Lipinski definition) is 1. The molecule has 6 rings (SSSR count). The lowest BCUT2D eigenvalue weighted by molar-refractivity contribution is 0.504. The van der Waals surface area contributed by atoms with Gasteiger partial charge in [0.05, 0.1) is 11.4 Å². The number of rotatable bonds is 16. The van der Waals surface area contributed by atoms with Crippen LogP contribution in [0.15, 0.2) is 169 Å². The van der Waals surface area contributed by atoms with Gasteiger partial charge in [-0.05, 0) is 160 Å². The Kier molecular flexibility index (Phi) is 17.7. The van der Waals surface area contributed by atoms with E-state index in [-0.39, 0.29) is 10.8 Å². The Balaban J connectivity index is 1.61. The van der Waals surface area contributed by atoms with Gasteiger partial charge in [0, 0.05) is 16.7 Å². The standard InChI is InChI=1S/C70H83N/c1-18-26-54(38-35-47(5)56-39-42-58(50(8)45-56)49(7)36-40-57(20-3)70(15,16)17)64-44-43-62(60(46(4)19-2)41-37-51(9)69(12,13)14)53(11)67(64)71-68(66-34-25-31-59-48(6)27-23-33-65(59)66)52(10)61-32-24-29-55-28-21-22-30-63(55)61/h20-25,28-46,48H,7,10,18-19,26-27H2,1-6,8-9,11-17H3/b40-36-,47-35+,51-37+,54-38+,57-20+,60-41+,71-68?. The van der Waals surface area contributed by atoms with Crippen LogP contribution in [-0.4, -0.2) is 5.71 Å². The number of aryl methyl sites for hydroxylation is 1. The van der Waals surface area contributed by atoms with E-state index < -0.39 is 0 Å². The summed E-state index contributed by atoms with van der Waals surface area (Å²) in [5.74, 6) is 0.747. The molecule has 0 heterocycles. The molecule has 0 N–H and O–H groups in total. The first-order valence-electron chi connectivity index (χ1n) is 26.3.